The van der Waals surface area contributed by atoms with Crippen molar-refractivity contribution in [2.24, 2.45) is 0 Å². The number of amides is 1. The Hall–Kier alpha value is -1.83. The van der Waals surface area contributed by atoms with E-state index < -0.39 is 11.7 Å². The summed E-state index contributed by atoms with van der Waals surface area (Å²) in [6.07, 6.45) is -1.93. The van der Waals surface area contributed by atoms with E-state index in [9.17, 15) is 18.0 Å². The third-order valence-electron chi connectivity index (χ3n) is 4.38. The summed E-state index contributed by atoms with van der Waals surface area (Å²) < 4.78 is 38.9. The summed E-state index contributed by atoms with van der Waals surface area (Å²) in [5, 5.41) is 3.16. The molecule has 4 rings (SSSR count). The van der Waals surface area contributed by atoms with Crippen LogP contribution in [0, 0.1) is 0 Å². The summed E-state index contributed by atoms with van der Waals surface area (Å²) in [7, 11) is 0. The van der Waals surface area contributed by atoms with Crippen molar-refractivity contribution in [3.05, 3.63) is 17.8 Å². The average Bonchev–Trinajstić information content (AvgIpc) is 3.31. The largest absolute Gasteiger partial charge is 0.417 e. The van der Waals surface area contributed by atoms with Gasteiger partial charge in [-0.2, -0.15) is 13.2 Å². The van der Waals surface area contributed by atoms with Gasteiger partial charge in [-0.1, -0.05) is 0 Å². The zero-order valence-corrected chi connectivity index (χ0v) is 11.7. The summed E-state index contributed by atoms with van der Waals surface area (Å²) in [4.78, 5) is 20.1. The average molecular weight is 312 g/mol. The van der Waals surface area contributed by atoms with Crippen LogP contribution < -0.4 is 15.1 Å². The highest BCUT2D eigenvalue weighted by Crippen LogP contribution is 2.43. The first-order valence-corrected chi connectivity index (χ1v) is 7.34. The smallest absolute Gasteiger partial charge is 0.340 e. The van der Waals surface area contributed by atoms with Gasteiger partial charge in [0.1, 0.15) is 6.04 Å². The predicted octanol–water partition coefficient (Wildman–Crippen LogP) is 1.39. The van der Waals surface area contributed by atoms with Crippen molar-refractivity contribution in [3.63, 3.8) is 0 Å². The molecule has 1 N–H and O–H groups in total. The molecule has 1 aliphatic carbocycles. The molecule has 5 nitrogen and oxygen atoms in total. The molecule has 1 atom stereocenters. The fourth-order valence-electron chi connectivity index (χ4n) is 3.17. The Bertz CT molecular complexity index is 629. The van der Waals surface area contributed by atoms with E-state index in [2.05, 4.69) is 10.3 Å². The Morgan fingerprint density at radius 1 is 1.32 bits per heavy atom. The Kier molecular flexibility index (Phi) is 2.87. The maximum absolute atomic E-state index is 13.0. The molecule has 2 aliphatic heterocycles. The second-order valence-electron chi connectivity index (χ2n) is 5.92. The maximum atomic E-state index is 13.0. The van der Waals surface area contributed by atoms with Crippen LogP contribution in [0.5, 0.6) is 0 Å². The summed E-state index contributed by atoms with van der Waals surface area (Å²) >= 11 is 0. The number of aromatic nitrogens is 1. The number of piperazine rings is 1. The quantitative estimate of drug-likeness (QED) is 0.851. The van der Waals surface area contributed by atoms with Crippen molar-refractivity contribution >= 4 is 17.4 Å². The number of anilines is 2. The van der Waals surface area contributed by atoms with E-state index in [0.717, 1.165) is 25.1 Å². The van der Waals surface area contributed by atoms with Gasteiger partial charge in [0.05, 0.1) is 11.3 Å². The minimum absolute atomic E-state index is 0.0145. The number of nitrogens with one attached hydrogen (secondary N) is 1. The third kappa shape index (κ3) is 2.05. The van der Waals surface area contributed by atoms with Crippen molar-refractivity contribution in [1.29, 1.82) is 0 Å². The van der Waals surface area contributed by atoms with Gasteiger partial charge in [0, 0.05) is 31.9 Å². The molecule has 118 valence electrons. The number of hydrogen-bond donors (Lipinski definition) is 1. The zero-order valence-electron chi connectivity index (χ0n) is 11.7. The van der Waals surface area contributed by atoms with Crippen LogP contribution in [0.25, 0.3) is 0 Å². The van der Waals surface area contributed by atoms with Crippen LogP contribution in [0.2, 0.25) is 0 Å². The molecule has 0 radical (unpaired) electrons. The second-order valence-corrected chi connectivity index (χ2v) is 5.92. The molecular weight excluding hydrogens is 297 g/mol. The number of carbonyl (C=O) groups excluding carboxylic acids is 1. The van der Waals surface area contributed by atoms with Gasteiger partial charge in [-0.15, -0.1) is 0 Å². The normalized spacial score (nSPS) is 25.0. The molecule has 1 aromatic heterocycles. The van der Waals surface area contributed by atoms with Crippen molar-refractivity contribution in [2.75, 3.05) is 29.4 Å². The number of halogens is 3. The highest BCUT2D eigenvalue weighted by Gasteiger charge is 2.46. The molecule has 0 bridgehead atoms. The van der Waals surface area contributed by atoms with E-state index in [1.807, 2.05) is 4.90 Å². The number of fused-ring (bicyclic) bond motifs is 3. The number of rotatable bonds is 1. The topological polar surface area (TPSA) is 48.5 Å². The molecule has 1 saturated carbocycles. The molecule has 0 spiro atoms. The summed E-state index contributed by atoms with van der Waals surface area (Å²) in [6, 6.07) is 0.711. The van der Waals surface area contributed by atoms with E-state index in [4.69, 9.17) is 0 Å². The number of hydrogen-bond acceptors (Lipinski definition) is 4. The molecule has 22 heavy (non-hydrogen) atoms. The van der Waals surface area contributed by atoms with E-state index in [-0.39, 0.29) is 18.0 Å². The lowest BCUT2D eigenvalue weighted by atomic mass is 10.1. The molecule has 8 heteroatoms. The monoisotopic (exact) mass is 312 g/mol. The Morgan fingerprint density at radius 2 is 2.09 bits per heavy atom. The molecular formula is C14H15F3N4O. The predicted molar refractivity (Wildman–Crippen MR) is 73.8 cm³/mol. The number of pyridine rings is 1. The van der Waals surface area contributed by atoms with Gasteiger partial charge < -0.3 is 15.1 Å². The van der Waals surface area contributed by atoms with Crippen molar-refractivity contribution in [3.8, 4) is 0 Å². The first kappa shape index (κ1) is 13.8. The second kappa shape index (κ2) is 4.58. The van der Waals surface area contributed by atoms with E-state index in [1.165, 1.54) is 4.90 Å². The van der Waals surface area contributed by atoms with Gasteiger partial charge in [0.25, 0.3) is 5.91 Å². The molecule has 2 fully saturated rings. The van der Waals surface area contributed by atoms with Crippen LogP contribution in [0.15, 0.2) is 12.3 Å². The number of alkyl halides is 3. The Balaban J connectivity index is 1.84. The lowest BCUT2D eigenvalue weighted by Crippen LogP contribution is -2.62. The fraction of sp³-hybridized carbons (Fsp3) is 0.571. The summed E-state index contributed by atoms with van der Waals surface area (Å²) in [5.41, 5.74) is -0.501. The van der Waals surface area contributed by atoms with Gasteiger partial charge in [0.15, 0.2) is 5.82 Å². The molecule has 1 amide bonds. The molecule has 1 unspecified atom stereocenters. The highest BCUT2D eigenvalue weighted by atomic mass is 19.4. The van der Waals surface area contributed by atoms with Crippen LogP contribution in [-0.2, 0) is 11.0 Å². The Morgan fingerprint density at radius 3 is 2.77 bits per heavy atom. The Labute approximate surface area is 125 Å². The standard InChI is InChI=1S/C14H15F3N4O/c15-14(16,17)8-5-10-12(19-6-8)20-4-3-18-7-11(20)13(22)21(10)9-1-2-9/h5-6,9,11,18H,1-4,7H2. The lowest BCUT2D eigenvalue weighted by Gasteiger charge is -2.44. The van der Waals surface area contributed by atoms with Crippen LogP contribution in [-0.4, -0.2) is 42.6 Å². The molecule has 0 aromatic carbocycles. The van der Waals surface area contributed by atoms with Gasteiger partial charge in [-0.05, 0) is 18.9 Å². The highest BCUT2D eigenvalue weighted by molar-refractivity contribution is 6.06. The SMILES string of the molecule is O=C1C2CNCCN2c2ncc(C(F)(F)F)cc2N1C1CC1. The van der Waals surface area contributed by atoms with Crippen LogP contribution in [0.1, 0.15) is 18.4 Å². The van der Waals surface area contributed by atoms with E-state index in [0.29, 0.717) is 31.1 Å². The van der Waals surface area contributed by atoms with Gasteiger partial charge in [-0.25, -0.2) is 4.98 Å². The van der Waals surface area contributed by atoms with Gasteiger partial charge >= 0.3 is 6.18 Å². The molecule has 3 heterocycles. The molecule has 1 saturated heterocycles. The first-order valence-electron chi connectivity index (χ1n) is 7.34. The summed E-state index contributed by atoms with van der Waals surface area (Å²) in [6.45, 7) is 1.76. The summed E-state index contributed by atoms with van der Waals surface area (Å²) in [5.74, 6) is 0.370. The van der Waals surface area contributed by atoms with Gasteiger partial charge in [-0.3, -0.25) is 4.79 Å². The minimum Gasteiger partial charge on any atom is -0.340 e. The number of carbonyl (C=O) groups is 1. The number of nitrogens with zero attached hydrogens (tertiary/aromatic N) is 3. The molecule has 3 aliphatic rings. The fourth-order valence-corrected chi connectivity index (χ4v) is 3.17. The van der Waals surface area contributed by atoms with Crippen molar-refractivity contribution < 1.29 is 18.0 Å². The molecule has 1 aromatic rings. The van der Waals surface area contributed by atoms with E-state index >= 15 is 0 Å². The van der Waals surface area contributed by atoms with Crippen LogP contribution in [0.4, 0.5) is 24.7 Å². The maximum Gasteiger partial charge on any atom is 0.417 e. The van der Waals surface area contributed by atoms with E-state index in [1.54, 1.807) is 0 Å². The first-order chi connectivity index (χ1) is 10.5. The van der Waals surface area contributed by atoms with Crippen molar-refractivity contribution in [2.45, 2.75) is 31.1 Å². The third-order valence-corrected chi connectivity index (χ3v) is 4.38. The minimum atomic E-state index is -4.46. The van der Waals surface area contributed by atoms with Gasteiger partial charge in [0.2, 0.25) is 0 Å². The van der Waals surface area contributed by atoms with Crippen LogP contribution in [0.3, 0.4) is 0 Å². The van der Waals surface area contributed by atoms with Crippen molar-refractivity contribution in [1.82, 2.24) is 10.3 Å². The zero-order chi connectivity index (χ0) is 15.5. The lowest BCUT2D eigenvalue weighted by molar-refractivity contribution is -0.137. The van der Waals surface area contributed by atoms with Crippen LogP contribution >= 0.6 is 0 Å².